The molecule has 161 valence electrons. The Balaban J connectivity index is 1.58. The largest absolute Gasteiger partial charge is 0.569 e. The molecular formula is C22H19B2O8. The van der Waals surface area contributed by atoms with Gasteiger partial charge >= 0.3 is 26.7 Å². The van der Waals surface area contributed by atoms with Crippen LogP contribution in [0, 0.1) is 0 Å². The van der Waals surface area contributed by atoms with Crippen molar-refractivity contribution in [1.82, 2.24) is 0 Å². The molecular weight excluding hydrogens is 414 g/mol. The number of ether oxygens (including phenoxy) is 2. The van der Waals surface area contributed by atoms with E-state index in [1.807, 2.05) is 0 Å². The Labute approximate surface area is 185 Å². The van der Waals surface area contributed by atoms with Gasteiger partial charge in [0.25, 0.3) is 0 Å². The fourth-order valence-electron chi connectivity index (χ4n) is 2.81. The van der Waals surface area contributed by atoms with Crippen LogP contribution in [0.4, 0.5) is 0 Å². The van der Waals surface area contributed by atoms with Crippen LogP contribution in [0.5, 0.6) is 5.75 Å². The van der Waals surface area contributed by atoms with Gasteiger partial charge in [-0.25, -0.2) is 9.59 Å². The SMILES string of the molecule is O=C(OCc1ccccc1COC(=O)c1ccc(B(O)O)cc1)c1ccc(O[B]O)cc1. The summed E-state index contributed by atoms with van der Waals surface area (Å²) in [6.07, 6.45) is 0. The van der Waals surface area contributed by atoms with Crippen LogP contribution in [0.3, 0.4) is 0 Å². The van der Waals surface area contributed by atoms with Crippen molar-refractivity contribution < 1.29 is 38.8 Å². The van der Waals surface area contributed by atoms with Crippen molar-refractivity contribution in [2.24, 2.45) is 0 Å². The van der Waals surface area contributed by atoms with Crippen molar-refractivity contribution in [1.29, 1.82) is 0 Å². The maximum Gasteiger partial charge on any atom is 0.569 e. The monoisotopic (exact) mass is 433 g/mol. The lowest BCUT2D eigenvalue weighted by Crippen LogP contribution is -2.29. The highest BCUT2D eigenvalue weighted by atomic mass is 16.5. The van der Waals surface area contributed by atoms with Gasteiger partial charge in [-0.15, -0.1) is 0 Å². The summed E-state index contributed by atoms with van der Waals surface area (Å²) >= 11 is 0. The molecule has 0 fully saturated rings. The van der Waals surface area contributed by atoms with E-state index in [9.17, 15) is 9.59 Å². The van der Waals surface area contributed by atoms with Crippen LogP contribution in [0.2, 0.25) is 0 Å². The minimum absolute atomic E-state index is 0.0156. The lowest BCUT2D eigenvalue weighted by atomic mass is 9.80. The highest BCUT2D eigenvalue weighted by Gasteiger charge is 2.14. The first kappa shape index (κ1) is 23.1. The lowest BCUT2D eigenvalue weighted by Gasteiger charge is -2.11. The highest BCUT2D eigenvalue weighted by Crippen LogP contribution is 2.16. The Bertz CT molecular complexity index is 1050. The molecule has 0 bridgehead atoms. The molecule has 3 N–H and O–H groups in total. The van der Waals surface area contributed by atoms with Gasteiger partial charge in [0.1, 0.15) is 19.0 Å². The fourth-order valence-corrected chi connectivity index (χ4v) is 2.81. The van der Waals surface area contributed by atoms with Crippen molar-refractivity contribution in [3.8, 4) is 5.75 Å². The molecule has 0 spiro atoms. The molecule has 0 aliphatic rings. The number of rotatable bonds is 9. The first-order valence-corrected chi connectivity index (χ1v) is 9.57. The predicted molar refractivity (Wildman–Crippen MR) is 116 cm³/mol. The van der Waals surface area contributed by atoms with Crippen molar-refractivity contribution >= 4 is 32.2 Å². The highest BCUT2D eigenvalue weighted by molar-refractivity contribution is 6.58. The normalized spacial score (nSPS) is 10.2. The zero-order chi connectivity index (χ0) is 22.9. The van der Waals surface area contributed by atoms with E-state index < -0.39 is 19.1 Å². The number of benzene rings is 3. The molecule has 32 heavy (non-hydrogen) atoms. The Morgan fingerprint density at radius 3 is 1.66 bits per heavy atom. The van der Waals surface area contributed by atoms with E-state index in [0.29, 0.717) is 30.1 Å². The van der Waals surface area contributed by atoms with Crippen LogP contribution in [-0.4, -0.2) is 41.8 Å². The van der Waals surface area contributed by atoms with Gasteiger partial charge in [-0.05, 0) is 53.0 Å². The van der Waals surface area contributed by atoms with E-state index in [4.69, 9.17) is 29.2 Å². The summed E-state index contributed by atoms with van der Waals surface area (Å²) in [6.45, 7) is -0.0427. The first-order valence-electron chi connectivity index (χ1n) is 9.57. The van der Waals surface area contributed by atoms with Gasteiger partial charge in [0.15, 0.2) is 0 Å². The Hall–Kier alpha value is -3.59. The average Bonchev–Trinajstić information content (AvgIpc) is 2.82. The molecule has 0 aromatic heterocycles. The third-order valence-corrected chi connectivity index (χ3v) is 4.56. The zero-order valence-electron chi connectivity index (χ0n) is 16.9. The third-order valence-electron chi connectivity index (χ3n) is 4.56. The Kier molecular flexibility index (Phi) is 8.04. The van der Waals surface area contributed by atoms with Gasteiger partial charge in [0.2, 0.25) is 0 Å². The second kappa shape index (κ2) is 11.1. The number of hydrogen-bond acceptors (Lipinski definition) is 8. The van der Waals surface area contributed by atoms with E-state index in [2.05, 4.69) is 0 Å². The molecule has 0 aliphatic carbocycles. The standard InChI is InChI=1S/C22H19B2O8/c25-21(15-5-9-19(10-6-15)24(28)29)30-13-17-3-1-2-4-18(17)14-31-22(26)16-7-11-20(12-8-16)32-23-27/h1-12,27-29H,13-14H2. The predicted octanol–water partition coefficient (Wildman–Crippen LogP) is 0.986. The first-order chi connectivity index (χ1) is 15.5. The molecule has 3 aromatic carbocycles. The topological polar surface area (TPSA) is 123 Å². The van der Waals surface area contributed by atoms with Crippen molar-refractivity contribution in [3.05, 3.63) is 95.1 Å². The van der Waals surface area contributed by atoms with Gasteiger partial charge in [0, 0.05) is 0 Å². The average molecular weight is 433 g/mol. The molecule has 0 atom stereocenters. The molecule has 1 radical (unpaired) electrons. The van der Waals surface area contributed by atoms with Gasteiger partial charge in [-0.1, -0.05) is 36.4 Å². The van der Waals surface area contributed by atoms with Gasteiger partial charge in [0.05, 0.1) is 11.1 Å². The van der Waals surface area contributed by atoms with Crippen LogP contribution < -0.4 is 10.1 Å². The summed E-state index contributed by atoms with van der Waals surface area (Å²) in [7, 11) is -1.06. The zero-order valence-corrected chi connectivity index (χ0v) is 16.9. The van der Waals surface area contributed by atoms with Crippen molar-refractivity contribution in [2.45, 2.75) is 13.2 Å². The van der Waals surface area contributed by atoms with Gasteiger partial charge < -0.3 is 29.2 Å². The fraction of sp³-hybridized carbons (Fsp3) is 0.0909. The van der Waals surface area contributed by atoms with E-state index >= 15 is 0 Å². The van der Waals surface area contributed by atoms with Crippen molar-refractivity contribution in [3.63, 3.8) is 0 Å². The Morgan fingerprint density at radius 1 is 0.750 bits per heavy atom. The van der Waals surface area contributed by atoms with Crippen LogP contribution >= 0.6 is 0 Å². The summed E-state index contributed by atoms with van der Waals surface area (Å²) in [4.78, 5) is 24.6. The van der Waals surface area contributed by atoms with Gasteiger partial charge in [-0.2, -0.15) is 0 Å². The number of hydrogen-bond donors (Lipinski definition) is 3. The quantitative estimate of drug-likeness (QED) is 0.338. The van der Waals surface area contributed by atoms with E-state index in [0.717, 1.165) is 0 Å². The third kappa shape index (κ3) is 6.21. The summed E-state index contributed by atoms with van der Waals surface area (Å²) < 4.78 is 15.5. The molecule has 0 unspecified atom stereocenters. The molecule has 8 nitrogen and oxygen atoms in total. The van der Waals surface area contributed by atoms with Crippen molar-refractivity contribution in [2.75, 3.05) is 0 Å². The molecule has 0 saturated heterocycles. The maximum absolute atomic E-state index is 12.3. The minimum Gasteiger partial charge on any atom is -0.537 e. The van der Waals surface area contributed by atoms with E-state index in [-0.39, 0.29) is 24.2 Å². The summed E-state index contributed by atoms with van der Waals surface area (Å²) in [6, 6.07) is 18.9. The summed E-state index contributed by atoms with van der Waals surface area (Å²) in [5.41, 5.74) is 2.21. The van der Waals surface area contributed by atoms with E-state index in [1.165, 1.54) is 48.5 Å². The number of carbonyl (C=O) groups excluding carboxylic acids is 2. The molecule has 3 aromatic rings. The number of esters is 2. The molecule has 3 rings (SSSR count). The summed E-state index contributed by atoms with van der Waals surface area (Å²) in [5, 5.41) is 26.9. The second-order valence-electron chi connectivity index (χ2n) is 6.66. The van der Waals surface area contributed by atoms with Crippen LogP contribution in [0.25, 0.3) is 0 Å². The maximum atomic E-state index is 12.3. The van der Waals surface area contributed by atoms with E-state index in [1.54, 1.807) is 24.3 Å². The van der Waals surface area contributed by atoms with Crippen LogP contribution in [-0.2, 0) is 22.7 Å². The molecule has 10 heteroatoms. The smallest absolute Gasteiger partial charge is 0.537 e. The molecule has 0 saturated carbocycles. The van der Waals surface area contributed by atoms with Crippen LogP contribution in [0.1, 0.15) is 31.8 Å². The van der Waals surface area contributed by atoms with Gasteiger partial charge in [-0.3, -0.25) is 0 Å². The van der Waals surface area contributed by atoms with Crippen LogP contribution in [0.15, 0.2) is 72.8 Å². The molecule has 0 heterocycles. The summed E-state index contributed by atoms with van der Waals surface area (Å²) in [5.74, 6) is -0.737. The second-order valence-corrected chi connectivity index (χ2v) is 6.66. The number of carbonyl (C=O) groups is 2. The minimum atomic E-state index is -1.61. The Morgan fingerprint density at radius 2 is 1.22 bits per heavy atom. The molecule has 0 amide bonds. The lowest BCUT2D eigenvalue weighted by molar-refractivity contribution is 0.0435. The molecule has 0 aliphatic heterocycles.